The summed E-state index contributed by atoms with van der Waals surface area (Å²) in [4.78, 5) is 5.81. The maximum Gasteiger partial charge on any atom is 0.0900 e. The Morgan fingerprint density at radius 1 is 1.38 bits per heavy atom. The molecule has 0 aliphatic carbocycles. The fourth-order valence-corrected chi connectivity index (χ4v) is 2.66. The van der Waals surface area contributed by atoms with Crippen molar-refractivity contribution in [2.24, 2.45) is 11.7 Å². The van der Waals surface area contributed by atoms with E-state index in [1.807, 2.05) is 0 Å². The van der Waals surface area contributed by atoms with Gasteiger partial charge in [-0.1, -0.05) is 6.92 Å². The van der Waals surface area contributed by atoms with Crippen LogP contribution in [0.4, 0.5) is 0 Å². The zero-order valence-corrected chi connectivity index (χ0v) is 11.5. The van der Waals surface area contributed by atoms with Gasteiger partial charge in [0.05, 0.1) is 10.7 Å². The molecule has 0 spiro atoms. The summed E-state index contributed by atoms with van der Waals surface area (Å²) in [6.45, 7) is 10.3. The van der Waals surface area contributed by atoms with Crippen LogP contribution < -0.4 is 11.1 Å². The van der Waals surface area contributed by atoms with Crippen LogP contribution in [0.3, 0.4) is 0 Å². The molecule has 2 atom stereocenters. The highest BCUT2D eigenvalue weighted by Gasteiger charge is 2.12. The molecule has 3 N–H and O–H groups in total. The van der Waals surface area contributed by atoms with E-state index < -0.39 is 0 Å². The molecule has 0 saturated carbocycles. The molecular formula is C12H23N3S. The Balaban J connectivity index is 2.40. The largest absolute Gasteiger partial charge is 0.330 e. The number of aromatic nitrogens is 1. The molecule has 0 saturated heterocycles. The fraction of sp³-hybridized carbons (Fsp3) is 0.750. The standard InChI is InChI=1S/C12H23N3S/c1-8(7-13)5-6-14-9(2)12-10(3)15-11(4)16-12/h8-9,14H,5-7,13H2,1-4H3. The minimum absolute atomic E-state index is 0.399. The van der Waals surface area contributed by atoms with Crippen LogP contribution in [0, 0.1) is 19.8 Å². The lowest BCUT2D eigenvalue weighted by molar-refractivity contribution is 0.480. The molecule has 0 aliphatic rings. The van der Waals surface area contributed by atoms with Crippen LogP contribution in [0.5, 0.6) is 0 Å². The van der Waals surface area contributed by atoms with Gasteiger partial charge < -0.3 is 11.1 Å². The van der Waals surface area contributed by atoms with Gasteiger partial charge in [-0.3, -0.25) is 0 Å². The molecule has 1 heterocycles. The zero-order chi connectivity index (χ0) is 12.1. The van der Waals surface area contributed by atoms with Crippen LogP contribution in [-0.4, -0.2) is 18.1 Å². The average Bonchev–Trinajstić information content (AvgIpc) is 2.57. The lowest BCUT2D eigenvalue weighted by atomic mass is 10.1. The summed E-state index contributed by atoms with van der Waals surface area (Å²) in [5.41, 5.74) is 6.75. The van der Waals surface area contributed by atoms with Gasteiger partial charge in [0.25, 0.3) is 0 Å². The van der Waals surface area contributed by atoms with Gasteiger partial charge >= 0.3 is 0 Å². The van der Waals surface area contributed by atoms with Crippen molar-refractivity contribution in [3.63, 3.8) is 0 Å². The van der Waals surface area contributed by atoms with E-state index >= 15 is 0 Å². The molecule has 0 aromatic carbocycles. The molecule has 2 unspecified atom stereocenters. The molecule has 1 aromatic rings. The Labute approximate surface area is 102 Å². The van der Waals surface area contributed by atoms with E-state index in [1.165, 1.54) is 4.88 Å². The number of nitrogens with two attached hydrogens (primary N) is 1. The molecule has 4 heteroatoms. The summed E-state index contributed by atoms with van der Waals surface area (Å²) >= 11 is 1.79. The highest BCUT2D eigenvalue weighted by atomic mass is 32.1. The molecule has 0 fully saturated rings. The van der Waals surface area contributed by atoms with Crippen molar-refractivity contribution in [1.29, 1.82) is 0 Å². The van der Waals surface area contributed by atoms with Crippen LogP contribution in [0.2, 0.25) is 0 Å². The first kappa shape index (κ1) is 13.6. The molecule has 3 nitrogen and oxygen atoms in total. The van der Waals surface area contributed by atoms with E-state index in [1.54, 1.807) is 11.3 Å². The van der Waals surface area contributed by atoms with Crippen LogP contribution in [0.25, 0.3) is 0 Å². The first-order chi connectivity index (χ1) is 7.54. The van der Waals surface area contributed by atoms with Crippen molar-refractivity contribution in [2.75, 3.05) is 13.1 Å². The second-order valence-corrected chi connectivity index (χ2v) is 5.72. The minimum Gasteiger partial charge on any atom is -0.330 e. The fourth-order valence-electron chi connectivity index (χ4n) is 1.71. The average molecular weight is 241 g/mol. The van der Waals surface area contributed by atoms with Gasteiger partial charge in [-0.2, -0.15) is 0 Å². The van der Waals surface area contributed by atoms with E-state index in [2.05, 4.69) is 38.0 Å². The molecule has 0 bridgehead atoms. The van der Waals surface area contributed by atoms with Gasteiger partial charge in [-0.25, -0.2) is 4.98 Å². The lowest BCUT2D eigenvalue weighted by Gasteiger charge is -2.14. The summed E-state index contributed by atoms with van der Waals surface area (Å²) in [6, 6.07) is 0.399. The number of hydrogen-bond donors (Lipinski definition) is 2. The van der Waals surface area contributed by atoms with Crippen molar-refractivity contribution >= 4 is 11.3 Å². The maximum atomic E-state index is 5.59. The Bertz CT molecular complexity index is 322. The van der Waals surface area contributed by atoms with Crippen molar-refractivity contribution in [3.8, 4) is 0 Å². The topological polar surface area (TPSA) is 50.9 Å². The second-order valence-electron chi connectivity index (χ2n) is 4.49. The quantitative estimate of drug-likeness (QED) is 0.804. The van der Waals surface area contributed by atoms with E-state index in [0.29, 0.717) is 12.0 Å². The third-order valence-corrected chi connectivity index (χ3v) is 4.08. The van der Waals surface area contributed by atoms with Crippen LogP contribution in [0.1, 0.15) is 41.9 Å². The number of aryl methyl sites for hydroxylation is 2. The molecule has 0 amide bonds. The first-order valence-corrected chi connectivity index (χ1v) is 6.73. The molecule has 1 aromatic heterocycles. The minimum atomic E-state index is 0.399. The van der Waals surface area contributed by atoms with E-state index in [-0.39, 0.29) is 0 Å². The van der Waals surface area contributed by atoms with Gasteiger partial charge in [0.1, 0.15) is 0 Å². The van der Waals surface area contributed by atoms with E-state index in [4.69, 9.17) is 5.73 Å². The van der Waals surface area contributed by atoms with Gasteiger partial charge in [0.15, 0.2) is 0 Å². The van der Waals surface area contributed by atoms with Crippen LogP contribution in [0.15, 0.2) is 0 Å². The molecule has 0 aliphatic heterocycles. The molecule has 0 radical (unpaired) electrons. The number of thiazole rings is 1. The summed E-state index contributed by atoms with van der Waals surface area (Å²) in [5, 5.41) is 4.68. The predicted molar refractivity (Wildman–Crippen MR) is 70.8 cm³/mol. The van der Waals surface area contributed by atoms with Crippen molar-refractivity contribution in [1.82, 2.24) is 10.3 Å². The lowest BCUT2D eigenvalue weighted by Crippen LogP contribution is -2.23. The van der Waals surface area contributed by atoms with Crippen molar-refractivity contribution in [2.45, 2.75) is 40.2 Å². The van der Waals surface area contributed by atoms with Crippen LogP contribution >= 0.6 is 11.3 Å². The third-order valence-electron chi connectivity index (χ3n) is 2.82. The van der Waals surface area contributed by atoms with Crippen molar-refractivity contribution in [3.05, 3.63) is 15.6 Å². The van der Waals surface area contributed by atoms with Gasteiger partial charge in [0.2, 0.25) is 0 Å². The summed E-state index contributed by atoms with van der Waals surface area (Å²) in [7, 11) is 0. The van der Waals surface area contributed by atoms with Crippen LogP contribution in [-0.2, 0) is 0 Å². The number of hydrogen-bond acceptors (Lipinski definition) is 4. The first-order valence-electron chi connectivity index (χ1n) is 5.92. The Morgan fingerprint density at radius 2 is 2.06 bits per heavy atom. The molecular weight excluding hydrogens is 218 g/mol. The van der Waals surface area contributed by atoms with E-state index in [9.17, 15) is 0 Å². The normalized spacial score (nSPS) is 15.1. The predicted octanol–water partition coefficient (Wildman–Crippen LogP) is 2.40. The van der Waals surface area contributed by atoms with Gasteiger partial charge in [-0.05, 0) is 46.2 Å². The Hall–Kier alpha value is -0.450. The van der Waals surface area contributed by atoms with Gasteiger partial charge in [-0.15, -0.1) is 11.3 Å². The highest BCUT2D eigenvalue weighted by molar-refractivity contribution is 7.11. The molecule has 1 rings (SSSR count). The SMILES string of the molecule is Cc1nc(C)c(C(C)NCCC(C)CN)s1. The summed E-state index contributed by atoms with van der Waals surface area (Å²) < 4.78 is 0. The second kappa shape index (κ2) is 6.33. The zero-order valence-electron chi connectivity index (χ0n) is 10.7. The summed E-state index contributed by atoms with van der Waals surface area (Å²) in [6.07, 6.45) is 1.14. The number of nitrogens with zero attached hydrogens (tertiary/aromatic N) is 1. The maximum absolute atomic E-state index is 5.59. The molecule has 16 heavy (non-hydrogen) atoms. The molecule has 92 valence electrons. The Kier molecular flexibility index (Phi) is 5.38. The highest BCUT2D eigenvalue weighted by Crippen LogP contribution is 2.24. The number of nitrogens with one attached hydrogen (secondary N) is 1. The number of rotatable bonds is 6. The summed E-state index contributed by atoms with van der Waals surface area (Å²) in [5.74, 6) is 0.601. The van der Waals surface area contributed by atoms with Crippen molar-refractivity contribution < 1.29 is 0 Å². The third kappa shape index (κ3) is 3.85. The Morgan fingerprint density at radius 3 is 2.56 bits per heavy atom. The van der Waals surface area contributed by atoms with Gasteiger partial charge in [0, 0.05) is 10.9 Å². The van der Waals surface area contributed by atoms with E-state index in [0.717, 1.165) is 30.2 Å². The monoisotopic (exact) mass is 241 g/mol. The smallest absolute Gasteiger partial charge is 0.0900 e.